The lowest BCUT2D eigenvalue weighted by atomic mass is 10.2. The summed E-state index contributed by atoms with van der Waals surface area (Å²) < 4.78 is 19.4. The number of hydrogen-bond donors (Lipinski definition) is 0. The van der Waals surface area contributed by atoms with E-state index in [1.54, 1.807) is 54.6 Å². The van der Waals surface area contributed by atoms with E-state index in [2.05, 4.69) is 0 Å². The molecule has 9 heteroatoms. The van der Waals surface area contributed by atoms with E-state index >= 15 is 0 Å². The van der Waals surface area contributed by atoms with E-state index in [4.69, 9.17) is 39.5 Å². The SMILES string of the molecule is O=C1S/C(=C\c2cc(Cl)c(OCc3ccccc3F)c(Cl)c2)C(=O)N1c1ccccc1Cl. The normalized spacial score (nSPS) is 15.0. The summed E-state index contributed by atoms with van der Waals surface area (Å²) in [4.78, 5) is 26.5. The minimum atomic E-state index is -0.500. The molecular formula is C23H13Cl3FNO3S. The molecule has 0 bridgehead atoms. The minimum Gasteiger partial charge on any atom is -0.486 e. The molecule has 0 saturated carbocycles. The lowest BCUT2D eigenvalue weighted by molar-refractivity contribution is -0.113. The molecule has 4 nitrogen and oxygen atoms in total. The maximum Gasteiger partial charge on any atom is 0.298 e. The Morgan fingerprint density at radius 2 is 1.59 bits per heavy atom. The van der Waals surface area contributed by atoms with Crippen molar-refractivity contribution in [2.45, 2.75) is 6.61 Å². The van der Waals surface area contributed by atoms with E-state index in [9.17, 15) is 14.0 Å². The summed E-state index contributed by atoms with van der Waals surface area (Å²) in [5.74, 6) is -0.705. The molecule has 1 aliphatic heterocycles. The summed E-state index contributed by atoms with van der Waals surface area (Å²) in [7, 11) is 0. The van der Waals surface area contributed by atoms with E-state index in [1.165, 1.54) is 12.1 Å². The quantitative estimate of drug-likeness (QED) is 0.333. The Morgan fingerprint density at radius 3 is 2.28 bits per heavy atom. The molecule has 0 unspecified atom stereocenters. The Bertz CT molecular complexity index is 1240. The first-order valence-electron chi connectivity index (χ1n) is 9.23. The molecule has 4 rings (SSSR count). The molecule has 162 valence electrons. The molecule has 1 saturated heterocycles. The van der Waals surface area contributed by atoms with E-state index in [1.807, 2.05) is 0 Å². The second-order valence-electron chi connectivity index (χ2n) is 6.66. The molecular weight excluding hydrogens is 496 g/mol. The molecule has 1 fully saturated rings. The third kappa shape index (κ3) is 4.64. The van der Waals surface area contributed by atoms with E-state index < -0.39 is 17.0 Å². The smallest absolute Gasteiger partial charge is 0.298 e. The average Bonchev–Trinajstić information content (AvgIpc) is 3.02. The second-order valence-corrected chi connectivity index (χ2v) is 8.88. The second kappa shape index (κ2) is 9.55. The number of hydrogen-bond acceptors (Lipinski definition) is 4. The summed E-state index contributed by atoms with van der Waals surface area (Å²) >= 11 is 19.6. The molecule has 0 aliphatic carbocycles. The van der Waals surface area contributed by atoms with Crippen LogP contribution in [0.2, 0.25) is 15.1 Å². The van der Waals surface area contributed by atoms with Crippen molar-refractivity contribution < 1.29 is 18.7 Å². The van der Waals surface area contributed by atoms with Gasteiger partial charge in [0.1, 0.15) is 12.4 Å². The summed E-state index contributed by atoms with van der Waals surface area (Å²) in [6, 6.07) is 15.9. The topological polar surface area (TPSA) is 46.6 Å². The van der Waals surface area contributed by atoms with Crippen molar-refractivity contribution in [2.24, 2.45) is 0 Å². The highest BCUT2D eigenvalue weighted by molar-refractivity contribution is 8.19. The summed E-state index contributed by atoms with van der Waals surface area (Å²) in [5, 5.41) is 0.200. The van der Waals surface area contributed by atoms with Crippen LogP contribution >= 0.6 is 46.6 Å². The van der Waals surface area contributed by atoms with Crippen LogP contribution in [0.5, 0.6) is 5.75 Å². The van der Waals surface area contributed by atoms with Gasteiger partial charge in [0.05, 0.1) is 25.7 Å². The number of amides is 2. The van der Waals surface area contributed by atoms with Crippen molar-refractivity contribution in [3.05, 3.63) is 97.6 Å². The number of halogens is 4. The number of carbonyl (C=O) groups excluding carboxylic acids is 2. The van der Waals surface area contributed by atoms with Gasteiger partial charge < -0.3 is 4.74 Å². The lowest BCUT2D eigenvalue weighted by Crippen LogP contribution is -2.27. The Morgan fingerprint density at radius 1 is 0.938 bits per heavy atom. The van der Waals surface area contributed by atoms with Gasteiger partial charge in [-0.3, -0.25) is 9.59 Å². The summed E-state index contributed by atoms with van der Waals surface area (Å²) in [6.45, 7) is -0.0534. The first kappa shape index (κ1) is 22.7. The molecule has 0 N–H and O–H groups in total. The molecule has 0 radical (unpaired) electrons. The van der Waals surface area contributed by atoms with Gasteiger partial charge in [-0.2, -0.15) is 0 Å². The van der Waals surface area contributed by atoms with Gasteiger partial charge in [0.25, 0.3) is 11.1 Å². The zero-order valence-corrected chi connectivity index (χ0v) is 19.2. The van der Waals surface area contributed by atoms with Crippen molar-refractivity contribution in [1.29, 1.82) is 0 Å². The predicted octanol–water partition coefficient (Wildman–Crippen LogP) is 7.61. The molecule has 32 heavy (non-hydrogen) atoms. The zero-order valence-electron chi connectivity index (χ0n) is 16.2. The Labute approximate surface area is 202 Å². The lowest BCUT2D eigenvalue weighted by Gasteiger charge is -2.13. The van der Waals surface area contributed by atoms with Crippen LogP contribution in [0, 0.1) is 5.82 Å². The number of rotatable bonds is 5. The molecule has 1 heterocycles. The largest absolute Gasteiger partial charge is 0.486 e. The highest BCUT2D eigenvalue weighted by atomic mass is 35.5. The summed E-state index contributed by atoms with van der Waals surface area (Å²) in [5.41, 5.74) is 1.17. The molecule has 2 amide bonds. The fraction of sp³-hybridized carbons (Fsp3) is 0.0435. The van der Waals surface area contributed by atoms with Crippen LogP contribution in [-0.2, 0) is 11.4 Å². The monoisotopic (exact) mass is 507 g/mol. The van der Waals surface area contributed by atoms with Crippen LogP contribution in [0.15, 0.2) is 65.6 Å². The molecule has 3 aromatic rings. The van der Waals surface area contributed by atoms with Crippen LogP contribution in [0.4, 0.5) is 14.9 Å². The van der Waals surface area contributed by atoms with Gasteiger partial charge in [-0.05, 0) is 53.7 Å². The van der Waals surface area contributed by atoms with E-state index in [0.717, 1.165) is 16.7 Å². The van der Waals surface area contributed by atoms with Gasteiger partial charge in [0.2, 0.25) is 0 Å². The number of ether oxygens (including phenoxy) is 1. The van der Waals surface area contributed by atoms with Gasteiger partial charge in [-0.25, -0.2) is 9.29 Å². The summed E-state index contributed by atoms with van der Waals surface area (Å²) in [6.07, 6.45) is 1.51. The number of imide groups is 1. The number of thioether (sulfide) groups is 1. The number of nitrogens with zero attached hydrogens (tertiary/aromatic N) is 1. The first-order valence-corrected chi connectivity index (χ1v) is 11.2. The Hall–Kier alpha value is -2.51. The van der Waals surface area contributed by atoms with Gasteiger partial charge in [0, 0.05) is 5.56 Å². The number of para-hydroxylation sites is 1. The molecule has 0 aromatic heterocycles. The fourth-order valence-corrected chi connectivity index (χ4v) is 4.69. The van der Waals surface area contributed by atoms with Gasteiger partial charge in [-0.15, -0.1) is 0 Å². The number of carbonyl (C=O) groups is 2. The van der Waals surface area contributed by atoms with Gasteiger partial charge in [-0.1, -0.05) is 65.1 Å². The van der Waals surface area contributed by atoms with Crippen LogP contribution < -0.4 is 9.64 Å². The third-order valence-corrected chi connectivity index (χ3v) is 6.29. The average molecular weight is 509 g/mol. The Kier molecular flexibility index (Phi) is 6.76. The van der Waals surface area contributed by atoms with E-state index in [0.29, 0.717) is 21.8 Å². The predicted molar refractivity (Wildman–Crippen MR) is 127 cm³/mol. The standard InChI is InChI=1S/C23H13Cl3FNO3S/c24-15-6-2-4-8-19(15)28-22(29)20(32-23(28)30)11-13-9-16(25)21(17(26)10-13)31-12-14-5-1-3-7-18(14)27/h1-11H,12H2/b20-11-. The molecule has 3 aromatic carbocycles. The highest BCUT2D eigenvalue weighted by Crippen LogP contribution is 2.40. The van der Waals surface area contributed by atoms with Crippen LogP contribution in [0.3, 0.4) is 0 Å². The van der Waals surface area contributed by atoms with Crippen molar-refractivity contribution in [3.8, 4) is 5.75 Å². The molecule has 0 spiro atoms. The first-order chi connectivity index (χ1) is 15.3. The zero-order chi connectivity index (χ0) is 22.8. The van der Waals surface area contributed by atoms with Crippen LogP contribution in [0.25, 0.3) is 6.08 Å². The molecule has 0 atom stereocenters. The number of benzene rings is 3. The van der Waals surface area contributed by atoms with Crippen molar-refractivity contribution >= 4 is 69.5 Å². The van der Waals surface area contributed by atoms with Gasteiger partial charge >= 0.3 is 0 Å². The molecule has 1 aliphatic rings. The maximum absolute atomic E-state index is 13.8. The van der Waals surface area contributed by atoms with Crippen LogP contribution in [-0.4, -0.2) is 11.1 Å². The minimum absolute atomic E-state index is 0.0534. The number of anilines is 1. The van der Waals surface area contributed by atoms with Crippen LogP contribution in [0.1, 0.15) is 11.1 Å². The van der Waals surface area contributed by atoms with Crippen molar-refractivity contribution in [1.82, 2.24) is 0 Å². The highest BCUT2D eigenvalue weighted by Gasteiger charge is 2.37. The van der Waals surface area contributed by atoms with Crippen molar-refractivity contribution in [2.75, 3.05) is 4.90 Å². The van der Waals surface area contributed by atoms with E-state index in [-0.39, 0.29) is 27.3 Å². The fourth-order valence-electron chi connectivity index (χ4n) is 3.03. The van der Waals surface area contributed by atoms with Gasteiger partial charge in [0.15, 0.2) is 5.75 Å². The Balaban J connectivity index is 1.57. The third-order valence-electron chi connectivity index (χ3n) is 4.54. The van der Waals surface area contributed by atoms with Crippen molar-refractivity contribution in [3.63, 3.8) is 0 Å². The maximum atomic E-state index is 13.8.